The number of carboxylic acids is 2. The highest BCUT2D eigenvalue weighted by Crippen LogP contribution is 1.88. The molecule has 0 aliphatic rings. The van der Waals surface area contributed by atoms with Crippen molar-refractivity contribution in [3.05, 3.63) is 77.5 Å². The lowest BCUT2D eigenvalue weighted by atomic mass is 10.3. The van der Waals surface area contributed by atoms with Crippen LogP contribution in [0.25, 0.3) is 0 Å². The number of aromatic nitrogens is 2. The Hall–Kier alpha value is -3.55. The standard InChI is InChI=1S/C6H5NO2.C6H7N.C4H4O4/c8-5-6-2-1-3-7(9)4-6;1-6-3-2-4-7-5-6;5-3(6)1-2-4(7)8/h1-5H;2-5H,1H3;1-2H,(H,5,6)(H,7,8)/b;;2-1+. The maximum atomic E-state index is 10.4. The van der Waals surface area contributed by atoms with Gasteiger partial charge in [0.05, 0.1) is 5.56 Å². The number of carbonyl (C=O) groups is 3. The lowest BCUT2D eigenvalue weighted by Crippen LogP contribution is -2.24. The first-order chi connectivity index (χ1) is 11.3. The summed E-state index contributed by atoms with van der Waals surface area (Å²) in [5, 5.41) is 26.0. The molecule has 2 aromatic heterocycles. The molecule has 24 heavy (non-hydrogen) atoms. The molecule has 2 aromatic rings. The second kappa shape index (κ2) is 12.0. The molecule has 8 heteroatoms. The minimum absolute atomic E-state index is 0.396. The molecule has 0 unspecified atom stereocenters. The quantitative estimate of drug-likeness (QED) is 0.374. The molecule has 8 nitrogen and oxygen atoms in total. The van der Waals surface area contributed by atoms with Crippen LogP contribution in [0.1, 0.15) is 15.9 Å². The molecule has 0 radical (unpaired) electrons. The van der Waals surface area contributed by atoms with E-state index in [1.165, 1.54) is 24.0 Å². The topological polar surface area (TPSA) is 132 Å². The summed E-state index contributed by atoms with van der Waals surface area (Å²) in [6, 6.07) is 7.04. The lowest BCUT2D eigenvalue weighted by Gasteiger charge is -1.92. The van der Waals surface area contributed by atoms with E-state index < -0.39 is 11.9 Å². The van der Waals surface area contributed by atoms with Crippen molar-refractivity contribution in [3.8, 4) is 0 Å². The van der Waals surface area contributed by atoms with E-state index in [9.17, 15) is 19.6 Å². The number of hydrogen-bond acceptors (Lipinski definition) is 5. The summed E-state index contributed by atoms with van der Waals surface area (Å²) in [4.78, 5) is 33.0. The van der Waals surface area contributed by atoms with E-state index in [0.717, 1.165) is 0 Å². The second-order valence-corrected chi connectivity index (χ2v) is 4.16. The van der Waals surface area contributed by atoms with Crippen LogP contribution in [-0.2, 0) is 9.59 Å². The van der Waals surface area contributed by atoms with E-state index in [1.807, 2.05) is 25.3 Å². The first-order valence-electron chi connectivity index (χ1n) is 6.49. The molecule has 0 fully saturated rings. The van der Waals surface area contributed by atoms with Gasteiger partial charge in [-0.1, -0.05) is 6.07 Å². The first-order valence-corrected chi connectivity index (χ1v) is 6.49. The molecule has 2 N–H and O–H groups in total. The molecule has 2 rings (SSSR count). The summed E-state index contributed by atoms with van der Waals surface area (Å²) < 4.78 is 0.587. The molecule has 0 spiro atoms. The Bertz CT molecular complexity index is 670. The van der Waals surface area contributed by atoms with Gasteiger partial charge in [0.1, 0.15) is 0 Å². The fourth-order valence-electron chi connectivity index (χ4n) is 1.13. The van der Waals surface area contributed by atoms with Crippen molar-refractivity contribution in [2.75, 3.05) is 0 Å². The Morgan fingerprint density at radius 3 is 2.08 bits per heavy atom. The monoisotopic (exact) mass is 332 g/mol. The zero-order valence-corrected chi connectivity index (χ0v) is 12.8. The van der Waals surface area contributed by atoms with Crippen molar-refractivity contribution in [1.82, 2.24) is 4.98 Å². The van der Waals surface area contributed by atoms with Gasteiger partial charge >= 0.3 is 11.9 Å². The van der Waals surface area contributed by atoms with Crippen LogP contribution in [0, 0.1) is 12.1 Å². The Balaban J connectivity index is 0.000000333. The molecule has 0 aromatic carbocycles. The third kappa shape index (κ3) is 12.2. The van der Waals surface area contributed by atoms with Crippen LogP contribution in [0.15, 0.2) is 61.2 Å². The molecule has 2 heterocycles. The van der Waals surface area contributed by atoms with E-state index in [1.54, 1.807) is 12.3 Å². The highest BCUT2D eigenvalue weighted by Gasteiger charge is 1.91. The SMILES string of the molecule is Cc1cccnc1.O=C(O)/C=C/C(=O)O.O=Cc1ccc[n+]([O-])c1. The Labute approximate surface area is 137 Å². The van der Waals surface area contributed by atoms with Gasteiger partial charge < -0.3 is 15.4 Å². The van der Waals surface area contributed by atoms with Gasteiger partial charge in [-0.15, -0.1) is 0 Å². The fourth-order valence-corrected chi connectivity index (χ4v) is 1.13. The molecule has 0 atom stereocenters. The van der Waals surface area contributed by atoms with Gasteiger partial charge in [-0.3, -0.25) is 9.78 Å². The van der Waals surface area contributed by atoms with Crippen LogP contribution in [0.4, 0.5) is 0 Å². The van der Waals surface area contributed by atoms with E-state index in [-0.39, 0.29) is 0 Å². The lowest BCUT2D eigenvalue weighted by molar-refractivity contribution is -0.605. The summed E-state index contributed by atoms with van der Waals surface area (Å²) in [6.45, 7) is 2.02. The number of nitrogens with zero attached hydrogens (tertiary/aromatic N) is 2. The minimum Gasteiger partial charge on any atom is -0.619 e. The van der Waals surface area contributed by atoms with Gasteiger partial charge in [0, 0.05) is 30.6 Å². The van der Waals surface area contributed by atoms with E-state index in [0.29, 0.717) is 28.7 Å². The van der Waals surface area contributed by atoms with Crippen molar-refractivity contribution in [2.45, 2.75) is 6.92 Å². The molecule has 0 bridgehead atoms. The highest BCUT2D eigenvalue weighted by molar-refractivity contribution is 5.89. The molecular weight excluding hydrogens is 316 g/mol. The number of carbonyl (C=O) groups excluding carboxylic acids is 1. The van der Waals surface area contributed by atoms with Gasteiger partial charge in [0.25, 0.3) is 0 Å². The first kappa shape index (κ1) is 20.5. The zero-order chi connectivity index (χ0) is 18.4. The van der Waals surface area contributed by atoms with Gasteiger partial charge in [0.15, 0.2) is 18.7 Å². The van der Waals surface area contributed by atoms with Gasteiger partial charge in [0.2, 0.25) is 0 Å². The summed E-state index contributed by atoms with van der Waals surface area (Å²) >= 11 is 0. The molecule has 0 saturated heterocycles. The van der Waals surface area contributed by atoms with E-state index >= 15 is 0 Å². The summed E-state index contributed by atoms with van der Waals surface area (Å²) in [5.41, 5.74) is 1.61. The minimum atomic E-state index is -1.26. The van der Waals surface area contributed by atoms with Crippen LogP contribution in [-0.4, -0.2) is 33.4 Å². The van der Waals surface area contributed by atoms with Crippen LogP contribution in [0.5, 0.6) is 0 Å². The predicted octanol–water partition coefficient (Wildman–Crippen LogP) is 1.23. The third-order valence-electron chi connectivity index (χ3n) is 2.11. The van der Waals surface area contributed by atoms with E-state index in [2.05, 4.69) is 4.98 Å². The van der Waals surface area contributed by atoms with Crippen LogP contribution >= 0.6 is 0 Å². The van der Waals surface area contributed by atoms with Gasteiger partial charge in [-0.05, 0) is 24.6 Å². The number of carboxylic acid groups (broad SMARTS) is 2. The summed E-state index contributed by atoms with van der Waals surface area (Å²) in [7, 11) is 0. The molecule has 0 saturated carbocycles. The number of hydrogen-bond donors (Lipinski definition) is 2. The smallest absolute Gasteiger partial charge is 0.328 e. The maximum absolute atomic E-state index is 10.4. The van der Waals surface area contributed by atoms with Crippen molar-refractivity contribution >= 4 is 18.2 Å². The van der Waals surface area contributed by atoms with Crippen LogP contribution in [0.2, 0.25) is 0 Å². The molecular formula is C16H16N2O6. The maximum Gasteiger partial charge on any atom is 0.328 e. The highest BCUT2D eigenvalue weighted by atomic mass is 16.5. The predicted molar refractivity (Wildman–Crippen MR) is 84.2 cm³/mol. The average molecular weight is 332 g/mol. The number of rotatable bonds is 3. The summed E-state index contributed by atoms with van der Waals surface area (Å²) in [6.07, 6.45) is 7.89. The molecule has 0 amide bonds. The van der Waals surface area contributed by atoms with Crippen molar-refractivity contribution < 1.29 is 29.3 Å². The number of pyridine rings is 2. The molecule has 0 aliphatic heterocycles. The molecule has 0 aliphatic carbocycles. The van der Waals surface area contributed by atoms with Crippen LogP contribution < -0.4 is 4.73 Å². The second-order valence-electron chi connectivity index (χ2n) is 4.16. The fraction of sp³-hybridized carbons (Fsp3) is 0.0625. The number of aldehydes is 1. The van der Waals surface area contributed by atoms with Gasteiger partial charge in [-0.25, -0.2) is 9.59 Å². The largest absolute Gasteiger partial charge is 0.619 e. The Morgan fingerprint density at radius 2 is 1.79 bits per heavy atom. The third-order valence-corrected chi connectivity index (χ3v) is 2.11. The van der Waals surface area contributed by atoms with Crippen molar-refractivity contribution in [1.29, 1.82) is 0 Å². The Kier molecular flexibility index (Phi) is 10.3. The van der Waals surface area contributed by atoms with Gasteiger partial charge in [-0.2, -0.15) is 4.73 Å². The van der Waals surface area contributed by atoms with Crippen LogP contribution in [0.3, 0.4) is 0 Å². The van der Waals surface area contributed by atoms with Crippen molar-refractivity contribution in [2.24, 2.45) is 0 Å². The Morgan fingerprint density at radius 1 is 1.17 bits per heavy atom. The number of aliphatic carboxylic acids is 2. The molecule has 126 valence electrons. The average Bonchev–Trinajstić information content (AvgIpc) is 2.55. The normalized spacial score (nSPS) is 9.04. The van der Waals surface area contributed by atoms with E-state index in [4.69, 9.17) is 10.2 Å². The zero-order valence-electron chi connectivity index (χ0n) is 12.8. The van der Waals surface area contributed by atoms with Crippen molar-refractivity contribution in [3.63, 3.8) is 0 Å². The number of aryl methyl sites for hydroxylation is 1. The summed E-state index contributed by atoms with van der Waals surface area (Å²) in [5.74, 6) is -2.51.